The molecule has 0 N–H and O–H groups in total. The SMILES string of the molecule is O=C(Oc1ccc([I+]c2ccc(OC(=O)c3ccc(F)cc3)cc2)cc1)c1ccc(F)cc1. The van der Waals surface area contributed by atoms with Gasteiger partial charge in [0, 0.05) is 0 Å². The van der Waals surface area contributed by atoms with Crippen LogP contribution in [0.5, 0.6) is 11.5 Å². The third kappa shape index (κ3) is 6.23. The van der Waals surface area contributed by atoms with Gasteiger partial charge in [-0.3, -0.25) is 0 Å². The van der Waals surface area contributed by atoms with Crippen molar-refractivity contribution >= 4 is 11.9 Å². The quantitative estimate of drug-likeness (QED) is 0.208. The van der Waals surface area contributed by atoms with Gasteiger partial charge in [-0.25, -0.2) is 18.4 Å². The predicted molar refractivity (Wildman–Crippen MR) is 113 cm³/mol. The molecule has 0 radical (unpaired) electrons. The van der Waals surface area contributed by atoms with E-state index in [1.807, 2.05) is 24.3 Å². The summed E-state index contributed by atoms with van der Waals surface area (Å²) < 4.78 is 38.8. The van der Waals surface area contributed by atoms with Crippen LogP contribution in [0.2, 0.25) is 0 Å². The van der Waals surface area contributed by atoms with Crippen molar-refractivity contribution in [3.8, 4) is 11.5 Å². The summed E-state index contributed by atoms with van der Waals surface area (Å²) in [5.74, 6) is -1.13. The molecule has 0 atom stereocenters. The van der Waals surface area contributed by atoms with Crippen molar-refractivity contribution in [1.82, 2.24) is 0 Å². The highest BCUT2D eigenvalue weighted by atomic mass is 127. The van der Waals surface area contributed by atoms with Crippen LogP contribution in [0, 0.1) is 18.8 Å². The molecule has 0 amide bonds. The van der Waals surface area contributed by atoms with E-state index in [0.29, 0.717) is 11.5 Å². The van der Waals surface area contributed by atoms with E-state index in [9.17, 15) is 18.4 Å². The molecule has 0 aliphatic heterocycles. The van der Waals surface area contributed by atoms with Crippen molar-refractivity contribution < 1.29 is 49.0 Å². The minimum atomic E-state index is -0.553. The van der Waals surface area contributed by atoms with Gasteiger partial charge in [0.1, 0.15) is 23.1 Å². The molecule has 164 valence electrons. The summed E-state index contributed by atoms with van der Waals surface area (Å²) in [6.07, 6.45) is 0. The highest BCUT2D eigenvalue weighted by Gasteiger charge is 2.17. The van der Waals surface area contributed by atoms with Gasteiger partial charge in [0.2, 0.25) is 0 Å². The monoisotopic (exact) mass is 557 g/mol. The van der Waals surface area contributed by atoms with Crippen LogP contribution in [-0.4, -0.2) is 11.9 Å². The average molecular weight is 557 g/mol. The molecule has 4 aromatic rings. The number of esters is 2. The highest BCUT2D eigenvalue weighted by molar-refractivity contribution is 5.91. The van der Waals surface area contributed by atoms with E-state index in [-0.39, 0.29) is 11.1 Å². The largest absolute Gasteiger partial charge is 0.423 e. The van der Waals surface area contributed by atoms with E-state index in [4.69, 9.17) is 9.47 Å². The fourth-order valence-corrected chi connectivity index (χ4v) is 4.92. The maximum absolute atomic E-state index is 13.0. The molecule has 0 aliphatic carbocycles. The van der Waals surface area contributed by atoms with Gasteiger partial charge in [0.05, 0.1) is 11.1 Å². The molecular weight excluding hydrogens is 541 g/mol. The number of carbonyl (C=O) groups is 2. The van der Waals surface area contributed by atoms with Gasteiger partial charge < -0.3 is 9.47 Å². The van der Waals surface area contributed by atoms with Crippen LogP contribution in [0.3, 0.4) is 0 Å². The molecule has 0 unspecified atom stereocenters. The molecule has 33 heavy (non-hydrogen) atoms. The standard InChI is InChI=1S/C26H16F2IO4/c27-19-5-1-17(2-6-19)25(30)32-23-13-9-21(10-14-23)29-22-11-15-24(16-12-22)33-26(31)18-3-7-20(28)8-4-18/h1-16H/q+1. The van der Waals surface area contributed by atoms with E-state index in [1.165, 1.54) is 48.5 Å². The van der Waals surface area contributed by atoms with Gasteiger partial charge in [-0.1, -0.05) is 0 Å². The zero-order valence-electron chi connectivity index (χ0n) is 17.0. The number of ether oxygens (including phenoxy) is 2. The third-order valence-electron chi connectivity index (χ3n) is 4.43. The van der Waals surface area contributed by atoms with Crippen molar-refractivity contribution in [1.29, 1.82) is 0 Å². The van der Waals surface area contributed by atoms with Gasteiger partial charge in [0.15, 0.2) is 7.14 Å². The Morgan fingerprint density at radius 1 is 0.515 bits per heavy atom. The molecule has 0 saturated carbocycles. The number of hydrogen-bond donors (Lipinski definition) is 0. The van der Waals surface area contributed by atoms with Gasteiger partial charge >= 0.3 is 33.1 Å². The smallest absolute Gasteiger partial charge is 0.357 e. The van der Waals surface area contributed by atoms with Crippen molar-refractivity contribution in [2.24, 2.45) is 0 Å². The number of hydrogen-bond acceptors (Lipinski definition) is 4. The second-order valence-corrected chi connectivity index (χ2v) is 9.83. The Morgan fingerprint density at radius 3 is 1.18 bits per heavy atom. The summed E-state index contributed by atoms with van der Waals surface area (Å²) in [6, 6.07) is 24.8. The number of halogens is 3. The first kappa shape index (κ1) is 22.6. The molecular formula is C26H16F2IO4+. The van der Waals surface area contributed by atoms with Crippen LogP contribution < -0.4 is 30.7 Å². The highest BCUT2D eigenvalue weighted by Crippen LogP contribution is 2.14. The lowest BCUT2D eigenvalue weighted by Crippen LogP contribution is -3.61. The fraction of sp³-hybridized carbons (Fsp3) is 0. The van der Waals surface area contributed by atoms with E-state index < -0.39 is 44.8 Å². The molecule has 4 nitrogen and oxygen atoms in total. The molecule has 4 aromatic carbocycles. The Labute approximate surface area is 199 Å². The molecule has 0 aromatic heterocycles. The third-order valence-corrected chi connectivity index (χ3v) is 7.11. The zero-order valence-corrected chi connectivity index (χ0v) is 19.2. The maximum Gasteiger partial charge on any atom is 0.357 e. The lowest BCUT2D eigenvalue weighted by atomic mass is 10.2. The number of rotatable bonds is 6. The second kappa shape index (κ2) is 10.4. The van der Waals surface area contributed by atoms with Crippen LogP contribution in [0.1, 0.15) is 20.7 Å². The van der Waals surface area contributed by atoms with E-state index in [0.717, 1.165) is 7.14 Å². The van der Waals surface area contributed by atoms with Gasteiger partial charge in [-0.05, 0) is 97.1 Å². The first-order chi connectivity index (χ1) is 16.0. The molecule has 0 heterocycles. The van der Waals surface area contributed by atoms with Gasteiger partial charge in [0.25, 0.3) is 0 Å². The van der Waals surface area contributed by atoms with E-state index >= 15 is 0 Å². The Bertz CT molecular complexity index is 1150. The van der Waals surface area contributed by atoms with E-state index in [1.54, 1.807) is 24.3 Å². The molecule has 4 rings (SSSR count). The van der Waals surface area contributed by atoms with Crippen molar-refractivity contribution in [2.45, 2.75) is 0 Å². The molecule has 0 spiro atoms. The zero-order chi connectivity index (χ0) is 23.2. The van der Waals surface area contributed by atoms with Crippen LogP contribution >= 0.6 is 0 Å². The molecule has 0 fully saturated rings. The van der Waals surface area contributed by atoms with Crippen molar-refractivity contribution in [3.05, 3.63) is 127 Å². The maximum atomic E-state index is 13.0. The van der Waals surface area contributed by atoms with Crippen LogP contribution in [-0.2, 0) is 0 Å². The summed E-state index contributed by atoms with van der Waals surface area (Å²) in [7, 11) is 0. The number of benzene rings is 4. The van der Waals surface area contributed by atoms with Gasteiger partial charge in [-0.15, -0.1) is 0 Å². The van der Waals surface area contributed by atoms with Crippen LogP contribution in [0.4, 0.5) is 8.78 Å². The molecule has 0 aliphatic rings. The average Bonchev–Trinajstić information content (AvgIpc) is 2.82. The minimum absolute atomic E-state index is 0.271. The fourth-order valence-electron chi connectivity index (χ4n) is 2.76. The summed E-state index contributed by atoms with van der Waals surface area (Å²) in [5.41, 5.74) is 0.543. The minimum Gasteiger partial charge on any atom is -0.423 e. The Morgan fingerprint density at radius 2 is 0.848 bits per heavy atom. The first-order valence-corrected chi connectivity index (χ1v) is 11.9. The summed E-state index contributed by atoms with van der Waals surface area (Å²) in [6.45, 7) is 0. The molecule has 0 bridgehead atoms. The van der Waals surface area contributed by atoms with Crippen LogP contribution in [0.25, 0.3) is 0 Å². The Balaban J connectivity index is 1.33. The predicted octanol–water partition coefficient (Wildman–Crippen LogP) is 2.53. The Kier molecular flexibility index (Phi) is 7.09. The van der Waals surface area contributed by atoms with Gasteiger partial charge in [-0.2, -0.15) is 0 Å². The summed E-state index contributed by atoms with van der Waals surface area (Å²) in [4.78, 5) is 24.2. The van der Waals surface area contributed by atoms with Crippen molar-refractivity contribution in [3.63, 3.8) is 0 Å². The van der Waals surface area contributed by atoms with Crippen LogP contribution in [0.15, 0.2) is 97.1 Å². The summed E-state index contributed by atoms with van der Waals surface area (Å²) >= 11 is -0.500. The normalized spacial score (nSPS) is 10.5. The summed E-state index contributed by atoms with van der Waals surface area (Å²) in [5, 5.41) is 0. The first-order valence-electron chi connectivity index (χ1n) is 9.77. The Hall–Kier alpha value is -3.59. The molecule has 7 heteroatoms. The second-order valence-electron chi connectivity index (χ2n) is 6.80. The molecule has 0 saturated heterocycles. The number of carbonyl (C=O) groups excluding carboxylic acids is 2. The van der Waals surface area contributed by atoms with Crippen molar-refractivity contribution in [2.75, 3.05) is 0 Å². The lowest BCUT2D eigenvalue weighted by molar-refractivity contribution is -0.597. The van der Waals surface area contributed by atoms with E-state index in [2.05, 4.69) is 0 Å². The lowest BCUT2D eigenvalue weighted by Gasteiger charge is -2.04. The topological polar surface area (TPSA) is 52.6 Å².